The molecule has 1 saturated heterocycles. The highest BCUT2D eigenvalue weighted by Crippen LogP contribution is 2.49. The second-order valence-electron chi connectivity index (χ2n) is 14.7. The van der Waals surface area contributed by atoms with Crippen molar-refractivity contribution in [3.05, 3.63) is 108 Å². The highest BCUT2D eigenvalue weighted by atomic mass is 16.5. The van der Waals surface area contributed by atoms with Crippen LogP contribution in [0.25, 0.3) is 22.4 Å². The van der Waals surface area contributed by atoms with Crippen molar-refractivity contribution >= 4 is 5.69 Å². The van der Waals surface area contributed by atoms with Gasteiger partial charge in [-0.1, -0.05) is 19.4 Å². The Bertz CT molecular complexity index is 2070. The topological polar surface area (TPSA) is 78.4 Å². The van der Waals surface area contributed by atoms with E-state index in [0.717, 1.165) is 120 Å². The van der Waals surface area contributed by atoms with Gasteiger partial charge in [0.2, 0.25) is 0 Å². The first-order valence-electron chi connectivity index (χ1n) is 19.5. The van der Waals surface area contributed by atoms with Crippen LogP contribution < -0.4 is 28.6 Å². The van der Waals surface area contributed by atoms with Crippen molar-refractivity contribution in [2.45, 2.75) is 70.5 Å². The van der Waals surface area contributed by atoms with Gasteiger partial charge in [-0.2, -0.15) is 0 Å². The number of nitrogens with zero attached hydrogens (tertiary/aromatic N) is 4. The van der Waals surface area contributed by atoms with Crippen molar-refractivity contribution in [1.29, 1.82) is 0 Å². The zero-order valence-corrected chi connectivity index (χ0v) is 33.1. The second-order valence-corrected chi connectivity index (χ2v) is 14.7. The molecule has 9 nitrogen and oxygen atoms in total. The predicted molar refractivity (Wildman–Crippen MR) is 219 cm³/mol. The normalized spacial score (nSPS) is 14.7. The SMILES string of the molecule is CCCc1cc(-c2cc(CN3CCC(N(Cc4cncc(-c5cc(OC)c(OC)c(C6CC6)c5)c4)c4cccc(OC)c4)CC3)ccn2)cc(OC)c1OC. The molecule has 55 heavy (non-hydrogen) atoms. The molecule has 7 rings (SSSR count). The third-order valence-electron chi connectivity index (χ3n) is 11.0. The molecule has 1 saturated carbocycles. The highest BCUT2D eigenvalue weighted by molar-refractivity contribution is 5.70. The first-order chi connectivity index (χ1) is 26.9. The molecule has 3 heterocycles. The van der Waals surface area contributed by atoms with Crippen LogP contribution in [-0.2, 0) is 19.5 Å². The quantitative estimate of drug-likeness (QED) is 0.0983. The molecule has 0 unspecified atom stereocenters. The van der Waals surface area contributed by atoms with Gasteiger partial charge in [0.1, 0.15) is 5.75 Å². The molecule has 0 atom stereocenters. The molecule has 0 radical (unpaired) electrons. The summed E-state index contributed by atoms with van der Waals surface area (Å²) in [5.74, 6) is 4.53. The fourth-order valence-corrected chi connectivity index (χ4v) is 8.03. The van der Waals surface area contributed by atoms with Crippen molar-refractivity contribution in [3.63, 3.8) is 0 Å². The number of aromatic nitrogens is 2. The van der Waals surface area contributed by atoms with E-state index in [1.165, 1.54) is 24.0 Å². The van der Waals surface area contributed by atoms with E-state index in [-0.39, 0.29) is 0 Å². The molecule has 9 heteroatoms. The first-order valence-corrected chi connectivity index (χ1v) is 19.5. The molecule has 5 aromatic rings. The molecule has 2 aromatic heterocycles. The molecule has 3 aromatic carbocycles. The monoisotopic (exact) mass is 742 g/mol. The number of hydrogen-bond acceptors (Lipinski definition) is 9. The molecule has 2 fully saturated rings. The Hall–Kier alpha value is -5.28. The first kappa shape index (κ1) is 38.0. The van der Waals surface area contributed by atoms with E-state index in [2.05, 4.69) is 71.3 Å². The van der Waals surface area contributed by atoms with Gasteiger partial charge in [0.05, 0.1) is 41.2 Å². The maximum absolute atomic E-state index is 5.79. The van der Waals surface area contributed by atoms with Gasteiger partial charge in [0.25, 0.3) is 0 Å². The Balaban J connectivity index is 1.09. The van der Waals surface area contributed by atoms with Crippen LogP contribution in [0.5, 0.6) is 28.7 Å². The Labute approximate surface area is 326 Å². The number of piperidine rings is 1. The van der Waals surface area contributed by atoms with Crippen LogP contribution in [-0.4, -0.2) is 69.5 Å². The number of ether oxygens (including phenoxy) is 5. The predicted octanol–water partition coefficient (Wildman–Crippen LogP) is 9.35. The molecule has 0 N–H and O–H groups in total. The summed E-state index contributed by atoms with van der Waals surface area (Å²) >= 11 is 0. The average Bonchev–Trinajstić information content (AvgIpc) is 4.08. The number of methoxy groups -OCH3 is 5. The standard InChI is InChI=1S/C46H54N4O5/c1-7-9-34-22-36(25-43(52-3)45(34)54-5)42-21-31(14-17-48-42)29-49-18-15-38(16-19-49)50(39-10-8-11-40(26-39)51-2)30-32-20-37(28-47-27-32)35-23-41(33-12-13-33)46(55-6)44(24-35)53-4/h8,10-11,14,17,20-28,33,38H,7,9,12-13,15-16,18-19,29-30H2,1-6H3. The smallest absolute Gasteiger partial charge is 0.164 e. The van der Waals surface area contributed by atoms with Crippen LogP contribution in [0.15, 0.2) is 85.3 Å². The van der Waals surface area contributed by atoms with Gasteiger partial charge >= 0.3 is 0 Å². The number of hydrogen-bond donors (Lipinski definition) is 0. The van der Waals surface area contributed by atoms with E-state index < -0.39 is 0 Å². The minimum Gasteiger partial charge on any atom is -0.497 e. The lowest BCUT2D eigenvalue weighted by atomic mass is 9.98. The van der Waals surface area contributed by atoms with E-state index in [4.69, 9.17) is 33.7 Å². The molecular formula is C46H54N4O5. The molecular weight excluding hydrogens is 689 g/mol. The zero-order valence-electron chi connectivity index (χ0n) is 33.1. The van der Waals surface area contributed by atoms with E-state index >= 15 is 0 Å². The number of likely N-dealkylation sites (tertiary alicyclic amines) is 1. The number of rotatable bonds is 16. The van der Waals surface area contributed by atoms with Crippen molar-refractivity contribution in [3.8, 4) is 51.1 Å². The maximum atomic E-state index is 5.79. The summed E-state index contributed by atoms with van der Waals surface area (Å²) in [7, 11) is 8.56. The fourth-order valence-electron chi connectivity index (χ4n) is 8.03. The summed E-state index contributed by atoms with van der Waals surface area (Å²) in [6.07, 6.45) is 12.2. The Morgan fingerprint density at radius 3 is 2.18 bits per heavy atom. The van der Waals surface area contributed by atoms with Crippen LogP contribution in [0, 0.1) is 0 Å². The van der Waals surface area contributed by atoms with Crippen LogP contribution in [0.2, 0.25) is 0 Å². The van der Waals surface area contributed by atoms with Gasteiger partial charge in [0.15, 0.2) is 23.0 Å². The Kier molecular flexibility index (Phi) is 12.1. The lowest BCUT2D eigenvalue weighted by Gasteiger charge is -2.40. The van der Waals surface area contributed by atoms with Gasteiger partial charge < -0.3 is 28.6 Å². The average molecular weight is 743 g/mol. The minimum absolute atomic E-state index is 0.353. The summed E-state index contributed by atoms with van der Waals surface area (Å²) in [5, 5.41) is 0. The van der Waals surface area contributed by atoms with Gasteiger partial charge in [0, 0.05) is 79.3 Å². The molecule has 288 valence electrons. The van der Waals surface area contributed by atoms with Crippen LogP contribution in [0.3, 0.4) is 0 Å². The molecule has 1 aliphatic heterocycles. The van der Waals surface area contributed by atoms with Crippen molar-refractivity contribution in [2.75, 3.05) is 53.5 Å². The van der Waals surface area contributed by atoms with Crippen molar-refractivity contribution in [1.82, 2.24) is 14.9 Å². The molecule has 0 bridgehead atoms. The Morgan fingerprint density at radius 2 is 1.47 bits per heavy atom. The number of aryl methyl sites for hydroxylation is 1. The molecule has 1 aliphatic carbocycles. The molecule has 2 aliphatic rings. The summed E-state index contributed by atoms with van der Waals surface area (Å²) < 4.78 is 28.7. The highest BCUT2D eigenvalue weighted by Gasteiger charge is 2.30. The van der Waals surface area contributed by atoms with Crippen LogP contribution in [0.1, 0.15) is 67.2 Å². The lowest BCUT2D eigenvalue weighted by Crippen LogP contribution is -2.44. The van der Waals surface area contributed by atoms with E-state index in [1.54, 1.807) is 35.5 Å². The van der Waals surface area contributed by atoms with Crippen LogP contribution >= 0.6 is 0 Å². The van der Waals surface area contributed by atoms with Gasteiger partial charge in [-0.05, 0) is 115 Å². The van der Waals surface area contributed by atoms with Crippen molar-refractivity contribution < 1.29 is 23.7 Å². The number of benzene rings is 3. The summed E-state index contributed by atoms with van der Waals surface area (Å²) in [5.41, 5.74) is 10.1. The maximum Gasteiger partial charge on any atom is 0.164 e. The minimum atomic E-state index is 0.353. The molecule has 0 amide bonds. The van der Waals surface area contributed by atoms with Crippen LogP contribution in [0.4, 0.5) is 5.69 Å². The van der Waals surface area contributed by atoms with E-state index in [9.17, 15) is 0 Å². The van der Waals surface area contributed by atoms with Crippen molar-refractivity contribution in [2.24, 2.45) is 0 Å². The lowest BCUT2D eigenvalue weighted by molar-refractivity contribution is 0.201. The molecule has 0 spiro atoms. The Morgan fingerprint density at radius 1 is 0.709 bits per heavy atom. The summed E-state index contributed by atoms with van der Waals surface area (Å²) in [6, 6.07) is 24.0. The summed E-state index contributed by atoms with van der Waals surface area (Å²) in [6.45, 7) is 5.77. The largest absolute Gasteiger partial charge is 0.497 e. The fraction of sp³-hybridized carbons (Fsp3) is 0.391. The van der Waals surface area contributed by atoms with Gasteiger partial charge in [-0.3, -0.25) is 14.9 Å². The number of pyridine rings is 2. The third kappa shape index (κ3) is 8.67. The van der Waals surface area contributed by atoms with E-state index in [0.29, 0.717) is 12.0 Å². The zero-order chi connectivity index (χ0) is 38.3. The van der Waals surface area contributed by atoms with E-state index in [1.807, 2.05) is 30.7 Å². The number of anilines is 1. The summed E-state index contributed by atoms with van der Waals surface area (Å²) in [4.78, 5) is 14.6. The third-order valence-corrected chi connectivity index (χ3v) is 11.0. The second kappa shape index (κ2) is 17.5. The van der Waals surface area contributed by atoms with Gasteiger partial charge in [-0.15, -0.1) is 0 Å². The van der Waals surface area contributed by atoms with Gasteiger partial charge in [-0.25, -0.2) is 0 Å².